The Kier molecular flexibility index (Phi) is 9.31. The van der Waals surface area contributed by atoms with Gasteiger partial charge < -0.3 is 9.41 Å². The van der Waals surface area contributed by atoms with E-state index in [1.165, 1.54) is 38.3 Å². The van der Waals surface area contributed by atoms with Crippen molar-refractivity contribution in [2.24, 2.45) is 0 Å². The normalized spacial score (nSPS) is 10.5. The van der Waals surface area contributed by atoms with Crippen molar-refractivity contribution >= 4 is 24.0 Å². The van der Waals surface area contributed by atoms with Gasteiger partial charge in [-0.15, -0.1) is 53.8 Å². The fourth-order valence-electron chi connectivity index (χ4n) is 3.39. The molecule has 0 spiro atoms. The zero-order chi connectivity index (χ0) is 17.2. The van der Waals surface area contributed by atoms with Crippen LogP contribution in [-0.4, -0.2) is 13.3 Å². The van der Waals surface area contributed by atoms with Crippen LogP contribution < -0.4 is 14.7 Å². The number of hydrogen-bond acceptors (Lipinski definition) is 0. The van der Waals surface area contributed by atoms with E-state index in [2.05, 4.69) is 92.2 Å². The van der Waals surface area contributed by atoms with Gasteiger partial charge in [-0.1, -0.05) is 41.5 Å². The van der Waals surface area contributed by atoms with Gasteiger partial charge >= 0.3 is 21.7 Å². The first-order valence-electron chi connectivity index (χ1n) is 8.63. The molecule has 0 unspecified atom stereocenters. The van der Waals surface area contributed by atoms with Gasteiger partial charge in [0.25, 0.3) is 0 Å². The standard InChI is InChI=1S/C13H9.C11H12P.2FH.Ti/c1-3-7-12-10(5-1)9-11-6-2-4-8-13(11)12;1-12(2)11-7-9-5-3-4-6-10(9)8-11;;;/h1-5,7-8H,9H2;3-8H,1-2H3;2*1H;/q2*-1;;;+4/p-2. The van der Waals surface area contributed by atoms with Crippen LogP contribution in [0.2, 0.25) is 0 Å². The summed E-state index contributed by atoms with van der Waals surface area (Å²) in [5.74, 6) is 0. The summed E-state index contributed by atoms with van der Waals surface area (Å²) in [5, 5.41) is 4.26. The van der Waals surface area contributed by atoms with Crippen LogP contribution in [0.15, 0.2) is 78.9 Å². The Morgan fingerprint density at radius 3 is 2.29 bits per heavy atom. The molecule has 0 nitrogen and oxygen atoms in total. The van der Waals surface area contributed by atoms with Crippen molar-refractivity contribution in [2.75, 3.05) is 13.3 Å². The first-order valence-corrected chi connectivity index (χ1v) is 10.9. The van der Waals surface area contributed by atoms with Gasteiger partial charge in [-0.05, 0) is 19.8 Å². The summed E-state index contributed by atoms with van der Waals surface area (Å²) in [7, 11) is 0.0576. The summed E-state index contributed by atoms with van der Waals surface area (Å²) < 4.78 is 0. The van der Waals surface area contributed by atoms with Crippen molar-refractivity contribution in [1.29, 1.82) is 0 Å². The minimum atomic E-state index is 0. The second kappa shape index (κ2) is 10.7. The molecule has 0 atom stereocenters. The van der Waals surface area contributed by atoms with Gasteiger partial charge in [0, 0.05) is 0 Å². The van der Waals surface area contributed by atoms with Gasteiger partial charge in [0.15, 0.2) is 0 Å². The van der Waals surface area contributed by atoms with Crippen LogP contribution in [0.25, 0.3) is 21.9 Å². The molecule has 0 fully saturated rings. The number of halogens is 2. The molecule has 4 heteroatoms. The molecule has 1 aliphatic rings. The summed E-state index contributed by atoms with van der Waals surface area (Å²) in [6.45, 7) is 4.59. The van der Waals surface area contributed by atoms with Crippen molar-refractivity contribution in [3.63, 3.8) is 0 Å². The molecule has 0 aliphatic heterocycles. The molecule has 4 aromatic carbocycles. The van der Waals surface area contributed by atoms with E-state index in [0.717, 1.165) is 6.42 Å². The van der Waals surface area contributed by atoms with Crippen LogP contribution in [0.4, 0.5) is 0 Å². The molecule has 0 heterocycles. The van der Waals surface area contributed by atoms with Crippen molar-refractivity contribution in [1.82, 2.24) is 0 Å². The Bertz CT molecular complexity index is 947. The predicted molar refractivity (Wildman–Crippen MR) is 111 cm³/mol. The van der Waals surface area contributed by atoms with Crippen molar-refractivity contribution in [2.45, 2.75) is 6.42 Å². The van der Waals surface area contributed by atoms with Crippen LogP contribution in [0, 0.1) is 6.07 Å². The van der Waals surface area contributed by atoms with Crippen LogP contribution in [0.5, 0.6) is 0 Å². The summed E-state index contributed by atoms with van der Waals surface area (Å²) in [6, 6.07) is 31.3. The second-order valence-corrected chi connectivity index (χ2v) is 8.94. The molecular weight excluding hydrogens is 405 g/mol. The summed E-state index contributed by atoms with van der Waals surface area (Å²) >= 11 is 0. The monoisotopic (exact) mass is 426 g/mol. The van der Waals surface area contributed by atoms with E-state index in [0.29, 0.717) is 0 Å². The van der Waals surface area contributed by atoms with Crippen LogP contribution >= 0.6 is 7.92 Å². The maximum Gasteiger partial charge on any atom is 4.00 e. The quantitative estimate of drug-likeness (QED) is 0.201. The van der Waals surface area contributed by atoms with Gasteiger partial charge in [0.2, 0.25) is 0 Å². The smallest absolute Gasteiger partial charge is 1.00 e. The third kappa shape index (κ3) is 5.00. The fourth-order valence-corrected chi connectivity index (χ4v) is 4.18. The Balaban J connectivity index is 0.000000254. The number of rotatable bonds is 1. The molecule has 140 valence electrons. The van der Waals surface area contributed by atoms with E-state index >= 15 is 0 Å². The molecule has 0 saturated heterocycles. The van der Waals surface area contributed by atoms with E-state index in [-0.39, 0.29) is 39.0 Å². The molecule has 5 rings (SSSR count). The summed E-state index contributed by atoms with van der Waals surface area (Å²) in [6.07, 6.45) is 1.05. The average molecular weight is 426 g/mol. The average Bonchev–Trinajstić information content (AvgIpc) is 3.24. The van der Waals surface area contributed by atoms with E-state index in [1.54, 1.807) is 0 Å². The van der Waals surface area contributed by atoms with Crippen molar-refractivity contribution in [3.05, 3.63) is 96.1 Å². The molecule has 0 amide bonds. The van der Waals surface area contributed by atoms with Gasteiger partial charge in [-0.25, -0.2) is 0 Å². The van der Waals surface area contributed by atoms with Gasteiger partial charge in [0.05, 0.1) is 0 Å². The zero-order valence-electron chi connectivity index (χ0n) is 15.9. The van der Waals surface area contributed by atoms with Gasteiger partial charge in [-0.3, -0.25) is 0 Å². The van der Waals surface area contributed by atoms with Crippen LogP contribution in [-0.2, 0) is 28.1 Å². The molecule has 0 saturated carbocycles. The third-order valence-electron chi connectivity index (χ3n) is 4.74. The largest absolute Gasteiger partial charge is 4.00 e. The Hall–Kier alpha value is -1.73. The first-order chi connectivity index (χ1) is 12.2. The predicted octanol–water partition coefficient (Wildman–Crippen LogP) is -0.0110. The maximum atomic E-state index is 3.30. The minimum absolute atomic E-state index is 0. The molecule has 28 heavy (non-hydrogen) atoms. The molecule has 0 aromatic heterocycles. The SMILES string of the molecule is CP(C)c1cc2ccccc2[cH-]1.[F-].[F-].[Ti+4].[c-]1cccc2c1Cc1ccccc1-2. The Labute approximate surface area is 181 Å². The molecule has 4 aromatic rings. The molecule has 0 bridgehead atoms. The second-order valence-electron chi connectivity index (χ2n) is 6.63. The molecular formula is C24H21F2PTi. The summed E-state index contributed by atoms with van der Waals surface area (Å²) in [5.41, 5.74) is 5.51. The zero-order valence-corrected chi connectivity index (χ0v) is 18.4. The topological polar surface area (TPSA) is 0 Å². The van der Waals surface area contributed by atoms with E-state index in [4.69, 9.17) is 0 Å². The van der Waals surface area contributed by atoms with Crippen LogP contribution in [0.3, 0.4) is 0 Å². The maximum absolute atomic E-state index is 3.30. The van der Waals surface area contributed by atoms with Crippen LogP contribution in [0.1, 0.15) is 11.1 Å². The van der Waals surface area contributed by atoms with E-state index in [9.17, 15) is 0 Å². The van der Waals surface area contributed by atoms with E-state index < -0.39 is 0 Å². The number of fused-ring (bicyclic) bond motifs is 4. The summed E-state index contributed by atoms with van der Waals surface area (Å²) in [4.78, 5) is 0. The van der Waals surface area contributed by atoms with Crippen molar-refractivity contribution < 1.29 is 31.1 Å². The first kappa shape index (κ1) is 24.3. The Morgan fingerprint density at radius 1 is 0.857 bits per heavy atom. The molecule has 0 radical (unpaired) electrons. The molecule has 0 N–H and O–H groups in total. The molecule has 1 aliphatic carbocycles. The fraction of sp³-hybridized carbons (Fsp3) is 0.125. The van der Waals surface area contributed by atoms with E-state index in [1.807, 2.05) is 6.07 Å². The Morgan fingerprint density at radius 2 is 1.54 bits per heavy atom. The van der Waals surface area contributed by atoms with Crippen molar-refractivity contribution in [3.8, 4) is 11.1 Å². The number of hydrogen-bond donors (Lipinski definition) is 0. The minimum Gasteiger partial charge on any atom is -1.00 e. The third-order valence-corrected chi connectivity index (χ3v) is 6.03. The number of benzene rings is 3. The van der Waals surface area contributed by atoms with Gasteiger partial charge in [-0.2, -0.15) is 35.9 Å². The van der Waals surface area contributed by atoms with Gasteiger partial charge in [0.1, 0.15) is 0 Å².